The van der Waals surface area contributed by atoms with Gasteiger partial charge >= 0.3 is 0 Å². The highest BCUT2D eigenvalue weighted by Crippen LogP contribution is 2.13. The number of sulfone groups is 1. The summed E-state index contributed by atoms with van der Waals surface area (Å²) in [5, 5.41) is 0. The van der Waals surface area contributed by atoms with E-state index in [9.17, 15) is 16.8 Å². The fourth-order valence-electron chi connectivity index (χ4n) is 2.52. The minimum Gasteiger partial charge on any atom is -0.329 e. The van der Waals surface area contributed by atoms with Crippen molar-refractivity contribution in [3.8, 4) is 0 Å². The molecule has 126 valence electrons. The Balaban J connectivity index is 2.55. The van der Waals surface area contributed by atoms with Gasteiger partial charge in [0.05, 0.1) is 11.5 Å². The van der Waals surface area contributed by atoms with Crippen molar-refractivity contribution in [1.29, 1.82) is 0 Å². The molecule has 1 fully saturated rings. The first-order valence-corrected chi connectivity index (χ1v) is 11.0. The molecular weight excluding hydrogens is 314 g/mol. The van der Waals surface area contributed by atoms with Gasteiger partial charge in [-0.1, -0.05) is 13.3 Å². The van der Waals surface area contributed by atoms with Gasteiger partial charge in [0.15, 0.2) is 0 Å². The van der Waals surface area contributed by atoms with Crippen LogP contribution in [0.2, 0.25) is 0 Å². The molecule has 1 aliphatic rings. The van der Waals surface area contributed by atoms with Gasteiger partial charge in [-0.15, -0.1) is 0 Å². The van der Waals surface area contributed by atoms with Crippen molar-refractivity contribution in [3.05, 3.63) is 0 Å². The normalized spacial score (nSPS) is 20.5. The van der Waals surface area contributed by atoms with Gasteiger partial charge in [0, 0.05) is 45.0 Å². The van der Waals surface area contributed by atoms with E-state index in [4.69, 9.17) is 5.73 Å². The quantitative estimate of drug-likeness (QED) is 0.614. The third-order valence-electron chi connectivity index (χ3n) is 3.79. The van der Waals surface area contributed by atoms with Crippen molar-refractivity contribution in [1.82, 2.24) is 9.21 Å². The molecule has 0 radical (unpaired) electrons. The van der Waals surface area contributed by atoms with E-state index in [0.29, 0.717) is 38.8 Å². The molecule has 2 N–H and O–H groups in total. The smallest absolute Gasteiger partial charge is 0.215 e. The van der Waals surface area contributed by atoms with Crippen LogP contribution < -0.4 is 5.73 Å². The number of nitrogens with two attached hydrogens (primary N) is 1. The molecule has 1 atom stereocenters. The second kappa shape index (κ2) is 7.87. The second-order valence-corrected chi connectivity index (χ2v) is 9.91. The molecule has 1 aliphatic heterocycles. The molecule has 0 aliphatic carbocycles. The number of hydrogen-bond donors (Lipinski definition) is 1. The van der Waals surface area contributed by atoms with E-state index in [0.717, 1.165) is 19.1 Å². The van der Waals surface area contributed by atoms with E-state index in [1.807, 2.05) is 0 Å². The molecule has 7 nitrogen and oxygen atoms in total. The zero-order valence-corrected chi connectivity index (χ0v) is 14.5. The van der Waals surface area contributed by atoms with E-state index in [1.54, 1.807) is 0 Å². The second-order valence-electron chi connectivity index (χ2n) is 5.56. The van der Waals surface area contributed by atoms with Crippen LogP contribution in [0.1, 0.15) is 19.8 Å². The van der Waals surface area contributed by atoms with Gasteiger partial charge in [-0.3, -0.25) is 4.90 Å². The maximum Gasteiger partial charge on any atom is 0.215 e. The van der Waals surface area contributed by atoms with Gasteiger partial charge in [0.2, 0.25) is 10.0 Å². The van der Waals surface area contributed by atoms with Crippen molar-refractivity contribution < 1.29 is 16.8 Å². The highest BCUT2D eigenvalue weighted by atomic mass is 32.2. The molecule has 21 heavy (non-hydrogen) atoms. The summed E-state index contributed by atoms with van der Waals surface area (Å²) in [7, 11) is -6.75. The lowest BCUT2D eigenvalue weighted by Gasteiger charge is -2.38. The van der Waals surface area contributed by atoms with Crippen LogP contribution in [0.4, 0.5) is 0 Å². The zero-order chi connectivity index (χ0) is 16.1. The Labute approximate surface area is 128 Å². The van der Waals surface area contributed by atoms with Crippen LogP contribution in [0.3, 0.4) is 0 Å². The third kappa shape index (κ3) is 6.19. The first kappa shape index (κ1) is 18.8. The van der Waals surface area contributed by atoms with E-state index in [-0.39, 0.29) is 11.5 Å². The maximum atomic E-state index is 12.1. The molecule has 9 heteroatoms. The monoisotopic (exact) mass is 341 g/mol. The van der Waals surface area contributed by atoms with Gasteiger partial charge in [-0.2, -0.15) is 4.31 Å². The maximum absolute atomic E-state index is 12.1. The average Bonchev–Trinajstić information content (AvgIpc) is 2.42. The minimum absolute atomic E-state index is 0.302. The lowest BCUT2D eigenvalue weighted by molar-refractivity contribution is 0.134. The fourth-order valence-corrected chi connectivity index (χ4v) is 5.55. The van der Waals surface area contributed by atoms with Crippen LogP contribution >= 0.6 is 0 Å². The minimum atomic E-state index is -3.49. The molecule has 0 amide bonds. The Hall–Kier alpha value is -0.220. The van der Waals surface area contributed by atoms with Crippen LogP contribution in [0, 0.1) is 0 Å². The van der Waals surface area contributed by atoms with Crippen molar-refractivity contribution >= 4 is 19.9 Å². The fraction of sp³-hybridized carbons (Fsp3) is 1.00. The summed E-state index contributed by atoms with van der Waals surface area (Å²) >= 11 is 0. The molecular formula is C12H27N3O4S2. The summed E-state index contributed by atoms with van der Waals surface area (Å²) in [5.41, 5.74) is 5.77. The molecule has 1 unspecified atom stereocenters. The van der Waals surface area contributed by atoms with Crippen molar-refractivity contribution in [2.24, 2.45) is 5.73 Å². The van der Waals surface area contributed by atoms with Crippen molar-refractivity contribution in [3.63, 3.8) is 0 Å². The lowest BCUT2D eigenvalue weighted by atomic mass is 10.1. The first-order valence-electron chi connectivity index (χ1n) is 7.29. The van der Waals surface area contributed by atoms with Gasteiger partial charge in [-0.25, -0.2) is 16.8 Å². The first-order chi connectivity index (χ1) is 9.69. The Bertz CT molecular complexity index is 511. The molecule has 0 bridgehead atoms. The molecule has 1 heterocycles. The third-order valence-corrected chi connectivity index (χ3v) is 6.87. The topological polar surface area (TPSA) is 101 Å². The number of sulfonamides is 1. The van der Waals surface area contributed by atoms with Crippen LogP contribution in [-0.4, -0.2) is 82.6 Å². The van der Waals surface area contributed by atoms with Gasteiger partial charge in [0.25, 0.3) is 0 Å². The largest absolute Gasteiger partial charge is 0.329 e. The summed E-state index contributed by atoms with van der Waals surface area (Å²) in [6.07, 6.45) is 3.11. The average molecular weight is 341 g/mol. The number of piperazine rings is 1. The Morgan fingerprint density at radius 2 is 1.62 bits per heavy atom. The summed E-state index contributed by atoms with van der Waals surface area (Å²) in [6, 6.07) is 0.302. The van der Waals surface area contributed by atoms with Gasteiger partial charge in [0.1, 0.15) is 9.84 Å². The Morgan fingerprint density at radius 3 is 2.05 bits per heavy atom. The van der Waals surface area contributed by atoms with E-state index in [2.05, 4.69) is 11.8 Å². The summed E-state index contributed by atoms with van der Waals surface area (Å²) in [4.78, 5) is 2.23. The summed E-state index contributed by atoms with van der Waals surface area (Å²) in [5.74, 6) is -0.655. The van der Waals surface area contributed by atoms with E-state index in [1.165, 1.54) is 4.31 Å². The summed E-state index contributed by atoms with van der Waals surface area (Å²) in [6.45, 7) is 4.81. The van der Waals surface area contributed by atoms with Crippen LogP contribution in [-0.2, 0) is 19.9 Å². The SMILES string of the molecule is CCCC(CN)N1CCN(S(=O)(=O)CCS(C)(=O)=O)CC1. The molecule has 0 aromatic heterocycles. The number of hydrogen-bond acceptors (Lipinski definition) is 6. The highest BCUT2D eigenvalue weighted by Gasteiger charge is 2.29. The Kier molecular flexibility index (Phi) is 7.05. The number of nitrogens with zero attached hydrogens (tertiary/aromatic N) is 2. The molecule has 0 spiro atoms. The van der Waals surface area contributed by atoms with Gasteiger partial charge in [-0.05, 0) is 6.42 Å². The standard InChI is InChI=1S/C12H27N3O4S2/c1-3-4-12(11-13)14-5-7-15(8-6-14)21(18,19)10-9-20(2,16)17/h12H,3-11,13H2,1-2H3. The van der Waals surface area contributed by atoms with Gasteiger partial charge < -0.3 is 5.73 Å². The highest BCUT2D eigenvalue weighted by molar-refractivity contribution is 7.93. The molecule has 0 saturated carbocycles. The van der Waals surface area contributed by atoms with Crippen molar-refractivity contribution in [2.75, 3.05) is 50.5 Å². The van der Waals surface area contributed by atoms with E-state index >= 15 is 0 Å². The molecule has 0 aromatic carbocycles. The lowest BCUT2D eigenvalue weighted by Crippen LogP contribution is -2.54. The molecule has 1 rings (SSSR count). The van der Waals surface area contributed by atoms with E-state index < -0.39 is 19.9 Å². The van der Waals surface area contributed by atoms with Crippen LogP contribution in [0.25, 0.3) is 0 Å². The predicted molar refractivity (Wildman–Crippen MR) is 84.4 cm³/mol. The molecule has 0 aromatic rings. The Morgan fingerprint density at radius 1 is 1.05 bits per heavy atom. The molecule has 1 saturated heterocycles. The summed E-state index contributed by atoms with van der Waals surface area (Å²) < 4.78 is 47.9. The number of rotatable bonds is 8. The van der Waals surface area contributed by atoms with Crippen LogP contribution in [0.5, 0.6) is 0 Å². The van der Waals surface area contributed by atoms with Crippen LogP contribution in [0.15, 0.2) is 0 Å². The van der Waals surface area contributed by atoms with Crippen molar-refractivity contribution in [2.45, 2.75) is 25.8 Å². The predicted octanol–water partition coefficient (Wildman–Crippen LogP) is -0.894. The zero-order valence-electron chi connectivity index (χ0n) is 12.9.